The van der Waals surface area contributed by atoms with Gasteiger partial charge in [0.1, 0.15) is 0 Å². The topological polar surface area (TPSA) is 65.1 Å². The number of hydrogen-bond acceptors (Lipinski definition) is 5. The van der Waals surface area contributed by atoms with Crippen molar-refractivity contribution in [3.05, 3.63) is 28.8 Å². The number of amides is 1. The van der Waals surface area contributed by atoms with Gasteiger partial charge in [0.2, 0.25) is 0 Å². The fourth-order valence-corrected chi connectivity index (χ4v) is 3.06. The van der Waals surface area contributed by atoms with Crippen LogP contribution in [0.2, 0.25) is 5.02 Å². The number of esters is 1. The molecule has 0 radical (unpaired) electrons. The fraction of sp³-hybridized carbons (Fsp3) is 0.474. The van der Waals surface area contributed by atoms with E-state index in [-0.39, 0.29) is 5.91 Å². The Morgan fingerprint density at radius 3 is 2.62 bits per heavy atom. The molecule has 26 heavy (non-hydrogen) atoms. The molecular weight excluding hydrogens is 358 g/mol. The van der Waals surface area contributed by atoms with Crippen LogP contribution >= 0.6 is 11.6 Å². The smallest absolute Gasteiger partial charge is 0.331 e. The van der Waals surface area contributed by atoms with E-state index in [0.29, 0.717) is 28.7 Å². The van der Waals surface area contributed by atoms with Gasteiger partial charge in [-0.3, -0.25) is 4.79 Å². The van der Waals surface area contributed by atoms with E-state index in [0.717, 1.165) is 25.9 Å². The molecule has 1 fully saturated rings. The second-order valence-electron chi connectivity index (χ2n) is 5.91. The lowest BCUT2D eigenvalue weighted by Crippen LogP contribution is -2.37. The van der Waals surface area contributed by atoms with Gasteiger partial charge in [0.25, 0.3) is 5.91 Å². The molecule has 1 atom stereocenters. The van der Waals surface area contributed by atoms with Crippen molar-refractivity contribution in [2.75, 3.05) is 26.8 Å². The van der Waals surface area contributed by atoms with Crippen molar-refractivity contribution in [1.82, 2.24) is 4.90 Å². The van der Waals surface area contributed by atoms with Gasteiger partial charge in [0.05, 0.1) is 18.7 Å². The molecule has 1 aromatic carbocycles. The molecular formula is C19H24ClNO5. The van der Waals surface area contributed by atoms with Gasteiger partial charge in [-0.05, 0) is 50.5 Å². The van der Waals surface area contributed by atoms with Crippen LogP contribution < -0.4 is 9.47 Å². The van der Waals surface area contributed by atoms with Crippen LogP contribution in [0.25, 0.3) is 6.08 Å². The van der Waals surface area contributed by atoms with Crippen molar-refractivity contribution < 1.29 is 23.8 Å². The van der Waals surface area contributed by atoms with Crippen LogP contribution in [0.4, 0.5) is 0 Å². The highest BCUT2D eigenvalue weighted by atomic mass is 35.5. The zero-order valence-electron chi connectivity index (χ0n) is 15.3. The molecule has 6 nitrogen and oxygen atoms in total. The van der Waals surface area contributed by atoms with Crippen molar-refractivity contribution in [2.24, 2.45) is 0 Å². The third-order valence-electron chi connectivity index (χ3n) is 4.01. The number of halogens is 1. The summed E-state index contributed by atoms with van der Waals surface area (Å²) in [6, 6.07) is 3.38. The standard InChI is InChI=1S/C19H24ClNO5/c1-4-25-16-12-14(11-15(20)18(16)24-3)7-8-17(22)26-13(2)19(23)21-9-5-6-10-21/h7-8,11-13H,4-6,9-10H2,1-3H3/b8-7+/t13-/m0/s1. The first-order valence-electron chi connectivity index (χ1n) is 8.64. The highest BCUT2D eigenvalue weighted by Gasteiger charge is 2.25. The molecule has 1 aliphatic rings. The molecule has 0 aromatic heterocycles. The number of methoxy groups -OCH3 is 1. The van der Waals surface area contributed by atoms with E-state index < -0.39 is 12.1 Å². The summed E-state index contributed by atoms with van der Waals surface area (Å²) in [7, 11) is 1.51. The Bertz CT molecular complexity index is 683. The van der Waals surface area contributed by atoms with Crippen molar-refractivity contribution in [1.29, 1.82) is 0 Å². The van der Waals surface area contributed by atoms with Crippen LogP contribution in [-0.4, -0.2) is 49.7 Å². The number of benzene rings is 1. The zero-order valence-corrected chi connectivity index (χ0v) is 16.0. The van der Waals surface area contributed by atoms with Crippen LogP contribution in [0.5, 0.6) is 11.5 Å². The second kappa shape index (κ2) is 9.48. The quantitative estimate of drug-likeness (QED) is 0.535. The lowest BCUT2D eigenvalue weighted by atomic mass is 10.2. The highest BCUT2D eigenvalue weighted by Crippen LogP contribution is 2.36. The summed E-state index contributed by atoms with van der Waals surface area (Å²) in [6.45, 7) is 5.34. The molecule has 1 heterocycles. The van der Waals surface area contributed by atoms with E-state index in [9.17, 15) is 9.59 Å². The molecule has 0 N–H and O–H groups in total. The Morgan fingerprint density at radius 2 is 2.00 bits per heavy atom. The minimum absolute atomic E-state index is 0.157. The molecule has 7 heteroatoms. The van der Waals surface area contributed by atoms with Gasteiger partial charge >= 0.3 is 5.97 Å². The van der Waals surface area contributed by atoms with Crippen molar-refractivity contribution in [2.45, 2.75) is 32.8 Å². The molecule has 1 aliphatic heterocycles. The Hall–Kier alpha value is -2.21. The second-order valence-corrected chi connectivity index (χ2v) is 6.32. The summed E-state index contributed by atoms with van der Waals surface area (Å²) in [5, 5.41) is 0.379. The van der Waals surface area contributed by atoms with E-state index in [1.54, 1.807) is 30.0 Å². The van der Waals surface area contributed by atoms with Gasteiger partial charge in [-0.15, -0.1) is 0 Å². The first kappa shape index (κ1) is 20.1. The largest absolute Gasteiger partial charge is 0.491 e. The van der Waals surface area contributed by atoms with E-state index in [1.165, 1.54) is 13.2 Å². The van der Waals surface area contributed by atoms with E-state index in [2.05, 4.69) is 0 Å². The molecule has 0 aliphatic carbocycles. The summed E-state index contributed by atoms with van der Waals surface area (Å²) in [6.07, 6.45) is 4.01. The predicted molar refractivity (Wildman–Crippen MR) is 99.6 cm³/mol. The average molecular weight is 382 g/mol. The van der Waals surface area contributed by atoms with Gasteiger partial charge in [0.15, 0.2) is 17.6 Å². The molecule has 0 saturated carbocycles. The van der Waals surface area contributed by atoms with Gasteiger partial charge in [0, 0.05) is 19.2 Å². The number of ether oxygens (including phenoxy) is 3. The Kier molecular flexibility index (Phi) is 7.33. The highest BCUT2D eigenvalue weighted by molar-refractivity contribution is 6.32. The van der Waals surface area contributed by atoms with Crippen molar-refractivity contribution in [3.63, 3.8) is 0 Å². The number of likely N-dealkylation sites (tertiary alicyclic amines) is 1. The first-order chi connectivity index (χ1) is 12.5. The van der Waals surface area contributed by atoms with E-state index >= 15 is 0 Å². The normalized spacial score (nSPS) is 15.2. The van der Waals surface area contributed by atoms with Crippen molar-refractivity contribution in [3.8, 4) is 11.5 Å². The maximum atomic E-state index is 12.2. The average Bonchev–Trinajstić information content (AvgIpc) is 3.14. The van der Waals surface area contributed by atoms with Crippen LogP contribution in [-0.2, 0) is 14.3 Å². The van der Waals surface area contributed by atoms with Crippen LogP contribution in [0.3, 0.4) is 0 Å². The molecule has 0 bridgehead atoms. The summed E-state index contributed by atoms with van der Waals surface area (Å²) >= 11 is 6.18. The first-order valence-corrected chi connectivity index (χ1v) is 9.01. The van der Waals surface area contributed by atoms with E-state index in [4.69, 9.17) is 25.8 Å². The van der Waals surface area contributed by atoms with Crippen molar-refractivity contribution >= 4 is 29.6 Å². The fourth-order valence-electron chi connectivity index (χ4n) is 2.77. The summed E-state index contributed by atoms with van der Waals surface area (Å²) in [4.78, 5) is 25.9. The summed E-state index contributed by atoms with van der Waals surface area (Å²) in [5.74, 6) is 0.191. The maximum Gasteiger partial charge on any atom is 0.331 e. The maximum absolute atomic E-state index is 12.2. The van der Waals surface area contributed by atoms with Crippen LogP contribution in [0, 0.1) is 0 Å². The monoisotopic (exact) mass is 381 g/mol. The van der Waals surface area contributed by atoms with E-state index in [1.807, 2.05) is 6.92 Å². The van der Waals surface area contributed by atoms with Gasteiger partial charge in [-0.2, -0.15) is 0 Å². The minimum atomic E-state index is -0.802. The molecule has 0 unspecified atom stereocenters. The summed E-state index contributed by atoms with van der Waals surface area (Å²) < 4.78 is 15.9. The predicted octanol–water partition coefficient (Wildman–Crippen LogP) is 3.31. The van der Waals surface area contributed by atoms with Crippen LogP contribution in [0.15, 0.2) is 18.2 Å². The molecule has 0 spiro atoms. The Morgan fingerprint density at radius 1 is 1.31 bits per heavy atom. The molecule has 1 amide bonds. The summed E-state index contributed by atoms with van der Waals surface area (Å²) in [5.41, 5.74) is 0.662. The molecule has 142 valence electrons. The SMILES string of the molecule is CCOc1cc(/C=C/C(=O)O[C@@H](C)C(=O)N2CCCC2)cc(Cl)c1OC. The third kappa shape index (κ3) is 5.14. The number of carbonyl (C=O) groups is 2. The van der Waals surface area contributed by atoms with Crippen LogP contribution in [0.1, 0.15) is 32.3 Å². The lowest BCUT2D eigenvalue weighted by Gasteiger charge is -2.19. The van der Waals surface area contributed by atoms with Gasteiger partial charge in [-0.25, -0.2) is 4.79 Å². The molecule has 2 rings (SSSR count). The Labute approximate surface area is 158 Å². The molecule has 1 aromatic rings. The molecule has 1 saturated heterocycles. The number of nitrogens with zero attached hydrogens (tertiary/aromatic N) is 1. The zero-order chi connectivity index (χ0) is 19.1. The van der Waals surface area contributed by atoms with Gasteiger partial charge < -0.3 is 19.1 Å². The lowest BCUT2D eigenvalue weighted by molar-refractivity contribution is -0.154. The number of hydrogen-bond donors (Lipinski definition) is 0. The Balaban J connectivity index is 2.01. The number of carbonyl (C=O) groups excluding carboxylic acids is 2. The van der Waals surface area contributed by atoms with Gasteiger partial charge in [-0.1, -0.05) is 11.6 Å². The third-order valence-corrected chi connectivity index (χ3v) is 4.29. The minimum Gasteiger partial charge on any atom is -0.491 e. The number of rotatable bonds is 7.